The highest BCUT2D eigenvalue weighted by Gasteiger charge is 2.07. The minimum Gasteiger partial charge on any atom is -0.497 e. The Bertz CT molecular complexity index is 704. The van der Waals surface area contributed by atoms with E-state index in [1.54, 1.807) is 7.11 Å². The third kappa shape index (κ3) is 2.29. The predicted octanol–water partition coefficient (Wildman–Crippen LogP) is 3.59. The van der Waals surface area contributed by atoms with Gasteiger partial charge in [0.2, 0.25) is 0 Å². The summed E-state index contributed by atoms with van der Waals surface area (Å²) in [4.78, 5) is 4.44. The Morgan fingerprint density at radius 2 is 1.95 bits per heavy atom. The van der Waals surface area contributed by atoms with Gasteiger partial charge in [0.1, 0.15) is 16.7 Å². The number of nitrogens with zero attached hydrogens (tertiary/aromatic N) is 2. The van der Waals surface area contributed by atoms with Crippen molar-refractivity contribution in [3.63, 3.8) is 0 Å². The molecule has 0 aliphatic carbocycles. The first-order chi connectivity index (χ1) is 9.28. The summed E-state index contributed by atoms with van der Waals surface area (Å²) in [5.74, 6) is 1.79. The third-order valence-corrected chi connectivity index (χ3v) is 3.39. The van der Waals surface area contributed by atoms with Crippen molar-refractivity contribution in [1.82, 2.24) is 9.38 Å². The molecule has 2 heterocycles. The summed E-state index contributed by atoms with van der Waals surface area (Å²) in [5, 5.41) is 0.679. The fraction of sp³-hybridized carbons (Fsp3) is 0.133. The van der Waals surface area contributed by atoms with Crippen LogP contribution >= 0.6 is 11.6 Å². The first-order valence-electron chi connectivity index (χ1n) is 6.02. The fourth-order valence-electron chi connectivity index (χ4n) is 2.12. The summed E-state index contributed by atoms with van der Waals surface area (Å²) in [6.07, 6.45) is 2.58. The summed E-state index contributed by atoms with van der Waals surface area (Å²) in [5.41, 5.74) is 2.18. The van der Waals surface area contributed by atoms with Gasteiger partial charge in [-0.1, -0.05) is 29.8 Å². The normalized spacial score (nSPS) is 10.8. The van der Waals surface area contributed by atoms with E-state index in [0.29, 0.717) is 5.15 Å². The van der Waals surface area contributed by atoms with Crippen LogP contribution in [0.5, 0.6) is 5.75 Å². The molecule has 0 N–H and O–H groups in total. The Morgan fingerprint density at radius 1 is 1.16 bits per heavy atom. The van der Waals surface area contributed by atoms with Gasteiger partial charge in [0.05, 0.1) is 18.8 Å². The van der Waals surface area contributed by atoms with E-state index >= 15 is 0 Å². The lowest BCUT2D eigenvalue weighted by Crippen LogP contribution is -1.97. The van der Waals surface area contributed by atoms with Crippen molar-refractivity contribution < 1.29 is 4.74 Å². The van der Waals surface area contributed by atoms with Gasteiger partial charge in [0, 0.05) is 6.42 Å². The molecule has 3 nitrogen and oxygen atoms in total. The van der Waals surface area contributed by atoms with Crippen LogP contribution in [0.25, 0.3) is 5.52 Å². The van der Waals surface area contributed by atoms with Crippen molar-refractivity contribution in [2.45, 2.75) is 6.42 Å². The Morgan fingerprint density at radius 3 is 2.68 bits per heavy atom. The van der Waals surface area contributed by atoms with Crippen LogP contribution in [0.1, 0.15) is 11.4 Å². The number of fused-ring (bicyclic) bond motifs is 1. The van der Waals surface area contributed by atoms with E-state index < -0.39 is 0 Å². The molecule has 0 unspecified atom stereocenters. The zero-order valence-corrected chi connectivity index (χ0v) is 11.3. The smallest absolute Gasteiger partial charge is 0.118 e. The molecule has 96 valence electrons. The van der Waals surface area contributed by atoms with E-state index in [1.165, 1.54) is 5.56 Å². The van der Waals surface area contributed by atoms with Gasteiger partial charge in [-0.15, -0.1) is 0 Å². The molecule has 2 aromatic heterocycles. The van der Waals surface area contributed by atoms with E-state index in [2.05, 4.69) is 4.98 Å². The Hall–Kier alpha value is -2.00. The molecule has 1 aromatic carbocycles. The van der Waals surface area contributed by atoms with Crippen LogP contribution in [0.4, 0.5) is 0 Å². The molecule has 3 rings (SSSR count). The number of benzene rings is 1. The zero-order valence-electron chi connectivity index (χ0n) is 10.5. The average molecular weight is 273 g/mol. The van der Waals surface area contributed by atoms with E-state index in [0.717, 1.165) is 23.5 Å². The molecule has 4 heteroatoms. The lowest BCUT2D eigenvalue weighted by atomic mass is 10.1. The largest absolute Gasteiger partial charge is 0.497 e. The van der Waals surface area contributed by atoms with Crippen LogP contribution in [0.3, 0.4) is 0 Å². The second-order valence-corrected chi connectivity index (χ2v) is 4.70. The summed E-state index contributed by atoms with van der Waals surface area (Å²) in [6.45, 7) is 0. The minimum atomic E-state index is 0.679. The first kappa shape index (κ1) is 12.1. The minimum absolute atomic E-state index is 0.679. The SMILES string of the molecule is COc1ccc(Cc2ncc3cccc(Cl)n23)cc1. The van der Waals surface area contributed by atoms with Crippen molar-refractivity contribution in [2.75, 3.05) is 7.11 Å². The second kappa shape index (κ2) is 4.94. The summed E-state index contributed by atoms with van der Waals surface area (Å²) in [6, 6.07) is 13.8. The van der Waals surface area contributed by atoms with Gasteiger partial charge in [-0.25, -0.2) is 4.98 Å². The van der Waals surface area contributed by atoms with Crippen LogP contribution in [0.2, 0.25) is 5.15 Å². The predicted molar refractivity (Wildman–Crippen MR) is 76.0 cm³/mol. The average Bonchev–Trinajstić information content (AvgIpc) is 2.84. The van der Waals surface area contributed by atoms with E-state index in [9.17, 15) is 0 Å². The van der Waals surface area contributed by atoms with Crippen LogP contribution in [-0.4, -0.2) is 16.5 Å². The number of methoxy groups -OCH3 is 1. The first-order valence-corrected chi connectivity index (χ1v) is 6.39. The summed E-state index contributed by atoms with van der Waals surface area (Å²) < 4.78 is 7.12. The molecule has 0 aliphatic rings. The molecule has 0 aliphatic heterocycles. The molecular formula is C15H13ClN2O. The van der Waals surface area contributed by atoms with Gasteiger partial charge in [-0.3, -0.25) is 4.40 Å². The molecule has 3 aromatic rings. The molecule has 0 amide bonds. The van der Waals surface area contributed by atoms with E-state index in [4.69, 9.17) is 16.3 Å². The standard InChI is InChI=1S/C15H13ClN2O/c1-19-13-7-5-11(6-8-13)9-15-17-10-12-3-2-4-14(16)18(12)15/h2-8,10H,9H2,1H3. The number of aromatic nitrogens is 2. The maximum Gasteiger partial charge on any atom is 0.118 e. The van der Waals surface area contributed by atoms with Crippen molar-refractivity contribution >= 4 is 17.1 Å². The lowest BCUT2D eigenvalue weighted by Gasteiger charge is -2.05. The molecule has 0 saturated carbocycles. The molecule has 19 heavy (non-hydrogen) atoms. The Kier molecular flexibility index (Phi) is 3.13. The number of halogens is 1. The number of rotatable bonds is 3. The molecular weight excluding hydrogens is 260 g/mol. The van der Waals surface area contributed by atoms with Crippen LogP contribution in [-0.2, 0) is 6.42 Å². The van der Waals surface area contributed by atoms with E-state index in [1.807, 2.05) is 53.1 Å². The molecule has 0 spiro atoms. The highest BCUT2D eigenvalue weighted by molar-refractivity contribution is 6.29. The van der Waals surface area contributed by atoms with E-state index in [-0.39, 0.29) is 0 Å². The molecule has 0 radical (unpaired) electrons. The highest BCUT2D eigenvalue weighted by Crippen LogP contribution is 2.19. The molecule has 0 bridgehead atoms. The Balaban J connectivity index is 1.96. The Labute approximate surface area is 116 Å². The van der Waals surface area contributed by atoms with Crippen LogP contribution < -0.4 is 4.74 Å². The van der Waals surface area contributed by atoms with Crippen molar-refractivity contribution in [1.29, 1.82) is 0 Å². The number of ether oxygens (including phenoxy) is 1. The maximum atomic E-state index is 6.22. The number of hydrogen-bond donors (Lipinski definition) is 0. The van der Waals surface area contributed by atoms with Gasteiger partial charge < -0.3 is 4.74 Å². The molecule has 0 saturated heterocycles. The quantitative estimate of drug-likeness (QED) is 0.681. The molecule has 0 atom stereocenters. The lowest BCUT2D eigenvalue weighted by molar-refractivity contribution is 0.414. The number of hydrogen-bond acceptors (Lipinski definition) is 2. The van der Waals surface area contributed by atoms with Crippen molar-refractivity contribution in [3.8, 4) is 5.75 Å². The summed E-state index contributed by atoms with van der Waals surface area (Å²) >= 11 is 6.22. The number of imidazole rings is 1. The topological polar surface area (TPSA) is 26.5 Å². The van der Waals surface area contributed by atoms with Gasteiger partial charge in [0.25, 0.3) is 0 Å². The van der Waals surface area contributed by atoms with Crippen molar-refractivity contribution in [2.24, 2.45) is 0 Å². The van der Waals surface area contributed by atoms with Crippen LogP contribution in [0.15, 0.2) is 48.7 Å². The van der Waals surface area contributed by atoms with Gasteiger partial charge in [-0.05, 0) is 29.8 Å². The monoisotopic (exact) mass is 272 g/mol. The van der Waals surface area contributed by atoms with Gasteiger partial charge >= 0.3 is 0 Å². The van der Waals surface area contributed by atoms with Crippen molar-refractivity contribution in [3.05, 3.63) is 65.2 Å². The number of pyridine rings is 1. The molecule has 0 fully saturated rings. The zero-order chi connectivity index (χ0) is 13.2. The highest BCUT2D eigenvalue weighted by atomic mass is 35.5. The van der Waals surface area contributed by atoms with Gasteiger partial charge in [-0.2, -0.15) is 0 Å². The fourth-order valence-corrected chi connectivity index (χ4v) is 2.39. The maximum absolute atomic E-state index is 6.22. The van der Waals surface area contributed by atoms with Gasteiger partial charge in [0.15, 0.2) is 0 Å². The second-order valence-electron chi connectivity index (χ2n) is 4.31. The van der Waals surface area contributed by atoms with Crippen LogP contribution in [0, 0.1) is 0 Å². The summed E-state index contributed by atoms with van der Waals surface area (Å²) in [7, 11) is 1.66. The third-order valence-electron chi connectivity index (χ3n) is 3.10.